The number of benzene rings is 9. The molecule has 2 heteroatoms. The number of nitrogens with zero attached hydrogens (tertiary/aromatic N) is 1. The number of hydrogen-bond donors (Lipinski definition) is 0. The first-order chi connectivity index (χ1) is 28.8. The summed E-state index contributed by atoms with van der Waals surface area (Å²) in [7, 11) is 0. The Morgan fingerprint density at radius 3 is 1.79 bits per heavy atom. The number of thiophene rings is 1. The average Bonchev–Trinajstić information content (AvgIpc) is 3.68. The lowest BCUT2D eigenvalue weighted by molar-refractivity contribution is 0.445. The van der Waals surface area contributed by atoms with Crippen molar-refractivity contribution in [1.29, 1.82) is 0 Å². The van der Waals surface area contributed by atoms with Gasteiger partial charge in [-0.15, -0.1) is 11.3 Å². The molecule has 10 aromatic rings. The van der Waals surface area contributed by atoms with Crippen LogP contribution in [0.3, 0.4) is 0 Å². The van der Waals surface area contributed by atoms with Gasteiger partial charge in [-0.2, -0.15) is 0 Å². The molecule has 0 radical (unpaired) electrons. The first kappa shape index (κ1) is 34.7. The van der Waals surface area contributed by atoms with Crippen LogP contribution in [0.25, 0.3) is 75.1 Å². The second-order valence-electron chi connectivity index (χ2n) is 15.8. The molecular formula is C56H43NS. The van der Waals surface area contributed by atoms with Gasteiger partial charge in [-0.1, -0.05) is 177 Å². The van der Waals surface area contributed by atoms with E-state index in [-0.39, 0.29) is 0 Å². The van der Waals surface area contributed by atoms with E-state index in [1.807, 2.05) is 11.3 Å². The van der Waals surface area contributed by atoms with Gasteiger partial charge in [0.1, 0.15) is 0 Å². The summed E-state index contributed by atoms with van der Waals surface area (Å²) in [5, 5.41) is 7.85. The molecule has 0 spiro atoms. The molecule has 1 aliphatic rings. The Labute approximate surface area is 344 Å². The second kappa shape index (κ2) is 14.8. The minimum absolute atomic E-state index is 0.585. The van der Waals surface area contributed by atoms with Gasteiger partial charge < -0.3 is 4.90 Å². The van der Waals surface area contributed by atoms with Crippen LogP contribution in [0.15, 0.2) is 194 Å². The molecule has 0 saturated heterocycles. The minimum atomic E-state index is 0.585. The van der Waals surface area contributed by atoms with Crippen LogP contribution in [0.4, 0.5) is 17.1 Å². The molecule has 1 aliphatic carbocycles. The van der Waals surface area contributed by atoms with Gasteiger partial charge in [-0.25, -0.2) is 0 Å². The molecule has 1 aromatic heterocycles. The van der Waals surface area contributed by atoms with Crippen molar-refractivity contribution in [3.8, 4) is 33.4 Å². The standard InChI is InChI=1S/C56H43NS/c1-2-17-39(18-3-1)44-29-14-21-40-22-15-32-49(55(40)44)48-27-7-10-34-52(48)57(51-33-9-6-26-47(51)46-31-13-20-38-19-4-5-25-43(38)46)42-24-12-23-41(37-42)45-30-16-36-54-56(45)50-28-8-11-35-53(50)58-54/h4-16,19-37,39H,1-3,17-18H2. The fraction of sp³-hybridized carbons (Fsp3) is 0.107. The van der Waals surface area contributed by atoms with Crippen LogP contribution in [0, 0.1) is 0 Å². The van der Waals surface area contributed by atoms with E-state index in [1.165, 1.54) is 113 Å². The van der Waals surface area contributed by atoms with Crippen molar-refractivity contribution in [2.45, 2.75) is 38.0 Å². The minimum Gasteiger partial charge on any atom is -0.309 e. The zero-order chi connectivity index (χ0) is 38.4. The van der Waals surface area contributed by atoms with Crippen molar-refractivity contribution in [1.82, 2.24) is 0 Å². The summed E-state index contributed by atoms with van der Waals surface area (Å²) in [5.41, 5.74) is 12.4. The topological polar surface area (TPSA) is 3.24 Å². The molecule has 1 heterocycles. The molecule has 0 atom stereocenters. The molecule has 1 nitrogen and oxygen atoms in total. The Morgan fingerprint density at radius 2 is 0.966 bits per heavy atom. The smallest absolute Gasteiger partial charge is 0.0540 e. The highest BCUT2D eigenvalue weighted by Gasteiger charge is 2.25. The van der Waals surface area contributed by atoms with Gasteiger partial charge in [0.25, 0.3) is 0 Å². The molecule has 1 saturated carbocycles. The van der Waals surface area contributed by atoms with Crippen LogP contribution in [0.1, 0.15) is 43.6 Å². The predicted molar refractivity (Wildman–Crippen MR) is 251 cm³/mol. The number of fused-ring (bicyclic) bond motifs is 5. The molecule has 1 fully saturated rings. The zero-order valence-electron chi connectivity index (χ0n) is 32.4. The van der Waals surface area contributed by atoms with Crippen LogP contribution in [0.5, 0.6) is 0 Å². The molecule has 58 heavy (non-hydrogen) atoms. The quantitative estimate of drug-likeness (QED) is 0.156. The SMILES string of the molecule is c1cc(-c2cccc3sc4ccccc4c23)cc(N(c2ccccc2-c2cccc3ccccc23)c2ccccc2-c2cccc3cccc(C4CCCCC4)c23)c1. The Kier molecular flexibility index (Phi) is 8.86. The van der Waals surface area contributed by atoms with Crippen molar-refractivity contribution in [2.24, 2.45) is 0 Å². The normalized spacial score (nSPS) is 13.4. The highest BCUT2D eigenvalue weighted by atomic mass is 32.1. The van der Waals surface area contributed by atoms with E-state index in [4.69, 9.17) is 0 Å². The van der Waals surface area contributed by atoms with Crippen LogP contribution in [-0.2, 0) is 0 Å². The lowest BCUT2D eigenvalue weighted by Gasteiger charge is -2.31. The Hall–Kier alpha value is -6.48. The third-order valence-corrected chi connectivity index (χ3v) is 13.6. The van der Waals surface area contributed by atoms with E-state index in [0.29, 0.717) is 5.92 Å². The van der Waals surface area contributed by atoms with E-state index in [9.17, 15) is 0 Å². The van der Waals surface area contributed by atoms with Gasteiger partial charge >= 0.3 is 0 Å². The summed E-state index contributed by atoms with van der Waals surface area (Å²) in [4.78, 5) is 2.53. The lowest BCUT2D eigenvalue weighted by Crippen LogP contribution is -2.13. The number of hydrogen-bond acceptors (Lipinski definition) is 2. The predicted octanol–water partition coefficient (Wildman–Crippen LogP) is 16.9. The van der Waals surface area contributed by atoms with Crippen LogP contribution in [-0.4, -0.2) is 0 Å². The summed E-state index contributed by atoms with van der Waals surface area (Å²) in [5.74, 6) is 0.585. The average molecular weight is 762 g/mol. The zero-order valence-corrected chi connectivity index (χ0v) is 33.3. The second-order valence-corrected chi connectivity index (χ2v) is 16.9. The fourth-order valence-corrected chi connectivity index (χ4v) is 11.0. The van der Waals surface area contributed by atoms with E-state index in [2.05, 4.69) is 199 Å². The maximum absolute atomic E-state index is 2.53. The highest BCUT2D eigenvalue weighted by Crippen LogP contribution is 2.49. The Bertz CT molecular complexity index is 3120. The van der Waals surface area contributed by atoms with Gasteiger partial charge in [0, 0.05) is 37.0 Å². The van der Waals surface area contributed by atoms with Crippen LogP contribution < -0.4 is 4.90 Å². The van der Waals surface area contributed by atoms with Crippen molar-refractivity contribution in [3.63, 3.8) is 0 Å². The van der Waals surface area contributed by atoms with Crippen molar-refractivity contribution in [3.05, 3.63) is 200 Å². The highest BCUT2D eigenvalue weighted by molar-refractivity contribution is 7.25. The van der Waals surface area contributed by atoms with Gasteiger partial charge in [0.15, 0.2) is 0 Å². The molecule has 0 amide bonds. The number of rotatable bonds is 7. The molecule has 0 aliphatic heterocycles. The fourth-order valence-electron chi connectivity index (χ4n) is 9.84. The van der Waals surface area contributed by atoms with Gasteiger partial charge in [-0.3, -0.25) is 0 Å². The molecule has 11 rings (SSSR count). The molecular weight excluding hydrogens is 719 g/mol. The van der Waals surface area contributed by atoms with E-state index in [1.54, 1.807) is 0 Å². The molecule has 9 aromatic carbocycles. The van der Waals surface area contributed by atoms with Gasteiger partial charge in [0.2, 0.25) is 0 Å². The molecule has 278 valence electrons. The van der Waals surface area contributed by atoms with E-state index in [0.717, 1.165) is 17.1 Å². The van der Waals surface area contributed by atoms with Gasteiger partial charge in [-0.05, 0) is 105 Å². The summed E-state index contributed by atoms with van der Waals surface area (Å²) in [6.45, 7) is 0. The first-order valence-corrected chi connectivity index (χ1v) is 21.6. The monoisotopic (exact) mass is 761 g/mol. The third kappa shape index (κ3) is 5.99. The lowest BCUT2D eigenvalue weighted by atomic mass is 9.80. The largest absolute Gasteiger partial charge is 0.309 e. The Balaban J connectivity index is 1.17. The van der Waals surface area contributed by atoms with Crippen LogP contribution in [0.2, 0.25) is 0 Å². The van der Waals surface area contributed by atoms with Gasteiger partial charge in [0.05, 0.1) is 11.4 Å². The third-order valence-electron chi connectivity index (χ3n) is 12.5. The van der Waals surface area contributed by atoms with Crippen molar-refractivity contribution >= 4 is 70.1 Å². The maximum Gasteiger partial charge on any atom is 0.0540 e. The molecule has 0 N–H and O–H groups in total. The number of anilines is 3. The summed E-state index contributed by atoms with van der Waals surface area (Å²) >= 11 is 1.88. The first-order valence-electron chi connectivity index (χ1n) is 20.8. The van der Waals surface area contributed by atoms with Crippen molar-refractivity contribution < 1.29 is 0 Å². The molecule has 0 unspecified atom stereocenters. The summed E-state index contributed by atoms with van der Waals surface area (Å²) in [6, 6.07) is 72.3. The Morgan fingerprint density at radius 1 is 0.397 bits per heavy atom. The van der Waals surface area contributed by atoms with Crippen molar-refractivity contribution in [2.75, 3.05) is 4.90 Å². The van der Waals surface area contributed by atoms with E-state index < -0.39 is 0 Å². The van der Waals surface area contributed by atoms with Crippen LogP contribution >= 0.6 is 11.3 Å². The molecule has 0 bridgehead atoms. The summed E-state index contributed by atoms with van der Waals surface area (Å²) in [6.07, 6.45) is 6.49. The number of para-hydroxylation sites is 2. The summed E-state index contributed by atoms with van der Waals surface area (Å²) < 4.78 is 2.64. The maximum atomic E-state index is 2.53. The van der Waals surface area contributed by atoms with E-state index >= 15 is 0 Å².